The molecule has 1 aliphatic heterocycles. The number of aryl methyl sites for hydroxylation is 1. The van der Waals surface area contributed by atoms with Gasteiger partial charge in [-0.05, 0) is 48.4 Å². The van der Waals surface area contributed by atoms with Crippen LogP contribution in [0, 0.1) is 6.92 Å². The molecule has 156 valence electrons. The molecular formula is C23H26N4O2S. The highest BCUT2D eigenvalue weighted by atomic mass is 32.1. The van der Waals surface area contributed by atoms with Crippen molar-refractivity contribution in [2.24, 2.45) is 4.99 Å². The number of hydrogen-bond acceptors (Lipinski definition) is 6. The second kappa shape index (κ2) is 8.53. The van der Waals surface area contributed by atoms with E-state index < -0.39 is 0 Å². The molecule has 1 saturated heterocycles. The Labute approximate surface area is 180 Å². The van der Waals surface area contributed by atoms with Crippen LogP contribution in [0.2, 0.25) is 0 Å². The zero-order valence-electron chi connectivity index (χ0n) is 17.5. The van der Waals surface area contributed by atoms with Crippen molar-refractivity contribution < 1.29 is 9.53 Å². The molecule has 1 aromatic carbocycles. The number of hydrogen-bond donors (Lipinski definition) is 1. The minimum absolute atomic E-state index is 0.104. The smallest absolute Gasteiger partial charge is 0.264 e. The maximum Gasteiger partial charge on any atom is 0.264 e. The minimum atomic E-state index is 0.104. The largest absolute Gasteiger partial charge is 0.383 e. The lowest BCUT2D eigenvalue weighted by atomic mass is 10.0. The van der Waals surface area contributed by atoms with E-state index in [0.717, 1.165) is 56.6 Å². The number of nitrogen functional groups attached to an aromatic ring is 1. The summed E-state index contributed by atoms with van der Waals surface area (Å²) in [6.45, 7) is 3.48. The number of anilines is 1. The van der Waals surface area contributed by atoms with E-state index in [4.69, 9.17) is 10.5 Å². The van der Waals surface area contributed by atoms with Crippen molar-refractivity contribution in [1.82, 2.24) is 9.88 Å². The number of nitrogens with zero attached hydrogens (tertiary/aromatic N) is 3. The Kier molecular flexibility index (Phi) is 5.83. The molecule has 0 bridgehead atoms. The summed E-state index contributed by atoms with van der Waals surface area (Å²) < 4.78 is 6.58. The molecule has 1 atom stereocenters. The number of likely N-dealkylation sites (tertiary alicyclic amines) is 1. The third kappa shape index (κ3) is 3.82. The summed E-state index contributed by atoms with van der Waals surface area (Å²) in [7, 11) is 3.43. The lowest BCUT2D eigenvalue weighted by molar-refractivity contribution is 0.0271. The first-order valence-electron chi connectivity index (χ1n) is 10.0. The maximum atomic E-state index is 13.2. The van der Waals surface area contributed by atoms with E-state index >= 15 is 0 Å². The summed E-state index contributed by atoms with van der Waals surface area (Å²) in [5.74, 6) is 0.564. The van der Waals surface area contributed by atoms with Crippen LogP contribution in [-0.4, -0.2) is 55.4 Å². The number of aliphatic imine (C=N–C) groups is 1. The van der Waals surface area contributed by atoms with E-state index in [0.29, 0.717) is 12.4 Å². The maximum absolute atomic E-state index is 13.2. The van der Waals surface area contributed by atoms with Gasteiger partial charge in [-0.3, -0.25) is 9.79 Å². The SMILES string of the molecule is CN=Cc1cc(-c2ccc3c(C)c(C(=O)N4CCCC(OC)C4)sc3c2)cnc1N. The first kappa shape index (κ1) is 20.5. The number of fused-ring (bicyclic) bond motifs is 1. The average Bonchev–Trinajstić information content (AvgIpc) is 3.10. The van der Waals surface area contributed by atoms with Crippen LogP contribution in [0.1, 0.15) is 33.6 Å². The van der Waals surface area contributed by atoms with E-state index in [1.807, 2.05) is 17.9 Å². The van der Waals surface area contributed by atoms with E-state index in [1.165, 1.54) is 0 Å². The molecule has 1 unspecified atom stereocenters. The lowest BCUT2D eigenvalue weighted by Gasteiger charge is -2.31. The van der Waals surface area contributed by atoms with Crippen LogP contribution in [0.3, 0.4) is 0 Å². The van der Waals surface area contributed by atoms with E-state index in [-0.39, 0.29) is 12.0 Å². The van der Waals surface area contributed by atoms with E-state index in [9.17, 15) is 4.79 Å². The number of carbonyl (C=O) groups is 1. The van der Waals surface area contributed by atoms with Gasteiger partial charge in [-0.15, -0.1) is 11.3 Å². The average molecular weight is 423 g/mol. The van der Waals surface area contributed by atoms with Crippen molar-refractivity contribution in [3.05, 3.63) is 46.5 Å². The van der Waals surface area contributed by atoms with Gasteiger partial charge in [0, 0.05) is 55.5 Å². The highest BCUT2D eigenvalue weighted by Crippen LogP contribution is 2.35. The van der Waals surface area contributed by atoms with Crippen LogP contribution < -0.4 is 5.73 Å². The van der Waals surface area contributed by atoms with Crippen LogP contribution >= 0.6 is 11.3 Å². The Morgan fingerprint density at radius 3 is 2.97 bits per heavy atom. The Balaban J connectivity index is 1.68. The van der Waals surface area contributed by atoms with Crippen molar-refractivity contribution in [2.45, 2.75) is 25.9 Å². The number of piperidine rings is 1. The molecule has 1 aliphatic rings. The van der Waals surface area contributed by atoms with Crippen molar-refractivity contribution in [2.75, 3.05) is 33.0 Å². The lowest BCUT2D eigenvalue weighted by Crippen LogP contribution is -2.42. The summed E-state index contributed by atoms with van der Waals surface area (Å²) >= 11 is 1.56. The number of benzene rings is 1. The molecular weight excluding hydrogens is 396 g/mol. The summed E-state index contributed by atoms with van der Waals surface area (Å²) in [4.78, 5) is 24.3. The predicted octanol–water partition coefficient (Wildman–Crippen LogP) is 4.15. The van der Waals surface area contributed by atoms with Gasteiger partial charge in [0.05, 0.1) is 11.0 Å². The zero-order chi connectivity index (χ0) is 21.3. The normalized spacial score (nSPS) is 17.2. The number of amides is 1. The van der Waals surface area contributed by atoms with Crippen molar-refractivity contribution in [3.8, 4) is 11.1 Å². The zero-order valence-corrected chi connectivity index (χ0v) is 18.3. The molecule has 1 amide bonds. The molecule has 30 heavy (non-hydrogen) atoms. The number of carbonyl (C=O) groups excluding carboxylic acids is 1. The van der Waals surface area contributed by atoms with E-state index in [2.05, 4.69) is 28.2 Å². The monoisotopic (exact) mass is 422 g/mol. The van der Waals surface area contributed by atoms with Gasteiger partial charge in [-0.1, -0.05) is 12.1 Å². The highest BCUT2D eigenvalue weighted by Gasteiger charge is 2.27. The molecule has 0 radical (unpaired) electrons. The molecule has 3 aromatic rings. The number of aromatic nitrogens is 1. The highest BCUT2D eigenvalue weighted by molar-refractivity contribution is 7.21. The fourth-order valence-corrected chi connectivity index (χ4v) is 5.18. The van der Waals surface area contributed by atoms with Crippen molar-refractivity contribution in [1.29, 1.82) is 0 Å². The fraction of sp³-hybridized carbons (Fsp3) is 0.348. The Morgan fingerprint density at radius 2 is 2.20 bits per heavy atom. The van der Waals surface area contributed by atoms with Crippen LogP contribution in [0.15, 0.2) is 35.5 Å². The van der Waals surface area contributed by atoms with Gasteiger partial charge in [-0.2, -0.15) is 0 Å². The van der Waals surface area contributed by atoms with Crippen molar-refractivity contribution in [3.63, 3.8) is 0 Å². The molecule has 0 aliphatic carbocycles. The Morgan fingerprint density at radius 1 is 1.37 bits per heavy atom. The molecule has 3 heterocycles. The number of pyridine rings is 1. The standard InChI is InChI=1S/C23H26N4O2S/c1-14-19-7-6-15(16-9-17(11-25-2)22(24)26-12-16)10-20(19)30-21(14)23(28)27-8-4-5-18(13-27)29-3/h6-7,9-12,18H,4-5,8,13H2,1-3H3,(H2,24,26). The van der Waals surface area contributed by atoms with E-state index in [1.54, 1.807) is 37.9 Å². The first-order valence-corrected chi connectivity index (χ1v) is 10.9. The first-order chi connectivity index (χ1) is 14.5. The minimum Gasteiger partial charge on any atom is -0.383 e. The molecule has 2 aromatic heterocycles. The van der Waals surface area contributed by atoms with Crippen molar-refractivity contribution >= 4 is 39.4 Å². The second-order valence-electron chi connectivity index (χ2n) is 7.60. The van der Waals surface area contributed by atoms with Crippen LogP contribution in [-0.2, 0) is 4.74 Å². The Bertz CT molecular complexity index is 1120. The topological polar surface area (TPSA) is 80.8 Å². The van der Waals surface area contributed by atoms with Gasteiger partial charge in [0.15, 0.2) is 0 Å². The molecule has 1 fully saturated rings. The van der Waals surface area contributed by atoms with Gasteiger partial charge < -0.3 is 15.4 Å². The summed E-state index contributed by atoms with van der Waals surface area (Å²) in [6, 6.07) is 8.27. The fourth-order valence-electron chi connectivity index (χ4n) is 3.96. The number of rotatable bonds is 4. The quantitative estimate of drug-likeness (QED) is 0.641. The number of nitrogens with two attached hydrogens (primary N) is 1. The second-order valence-corrected chi connectivity index (χ2v) is 8.66. The number of thiophene rings is 1. The van der Waals surface area contributed by atoms with Gasteiger partial charge in [0.2, 0.25) is 0 Å². The van der Waals surface area contributed by atoms with Crippen LogP contribution in [0.4, 0.5) is 5.82 Å². The molecule has 0 spiro atoms. The molecule has 0 saturated carbocycles. The Hall–Kier alpha value is -2.77. The molecule has 7 heteroatoms. The molecule has 2 N–H and O–H groups in total. The number of methoxy groups -OCH3 is 1. The molecule has 6 nitrogen and oxygen atoms in total. The summed E-state index contributed by atoms with van der Waals surface area (Å²) in [6.07, 6.45) is 5.60. The molecule has 4 rings (SSSR count). The number of ether oxygens (including phenoxy) is 1. The predicted molar refractivity (Wildman–Crippen MR) is 124 cm³/mol. The van der Waals surface area contributed by atoms with Gasteiger partial charge in [0.25, 0.3) is 5.91 Å². The van der Waals surface area contributed by atoms with Crippen LogP contribution in [0.25, 0.3) is 21.2 Å². The third-order valence-electron chi connectivity index (χ3n) is 5.68. The third-order valence-corrected chi connectivity index (χ3v) is 6.92. The van der Waals surface area contributed by atoms with Gasteiger partial charge in [0.1, 0.15) is 5.82 Å². The summed E-state index contributed by atoms with van der Waals surface area (Å²) in [5, 5.41) is 1.12. The summed E-state index contributed by atoms with van der Waals surface area (Å²) in [5.41, 5.74) is 9.79. The van der Waals surface area contributed by atoms with Gasteiger partial charge in [-0.25, -0.2) is 4.98 Å². The van der Waals surface area contributed by atoms with Crippen LogP contribution in [0.5, 0.6) is 0 Å². The van der Waals surface area contributed by atoms with Gasteiger partial charge >= 0.3 is 0 Å².